The van der Waals surface area contributed by atoms with Crippen molar-refractivity contribution in [2.24, 2.45) is 23.2 Å². The maximum Gasteiger partial charge on any atom is 0.184 e. The molecule has 29 heavy (non-hydrogen) atoms. The van der Waals surface area contributed by atoms with Crippen LogP contribution in [0.15, 0.2) is 30.3 Å². The molecule has 3 rings (SSSR count). The highest BCUT2D eigenvalue weighted by Crippen LogP contribution is 2.56. The first kappa shape index (κ1) is 22.5. The zero-order valence-electron chi connectivity index (χ0n) is 19.5. The maximum atomic E-state index is 12.5. The normalized spacial score (nSPS) is 29.3. The Morgan fingerprint density at radius 2 is 1.90 bits per heavy atom. The van der Waals surface area contributed by atoms with Gasteiger partial charge in [-0.25, -0.2) is 0 Å². The fourth-order valence-corrected chi connectivity index (χ4v) is 7.88. The number of benzene rings is 1. The minimum atomic E-state index is -1.66. The lowest BCUT2D eigenvalue weighted by molar-refractivity contribution is -0.129. The summed E-state index contributed by atoms with van der Waals surface area (Å²) in [7, 11) is -1.66. The van der Waals surface area contributed by atoms with Gasteiger partial charge in [0.25, 0.3) is 0 Å². The van der Waals surface area contributed by atoms with Gasteiger partial charge in [-0.05, 0) is 87.5 Å². The number of hydrogen-bond donors (Lipinski definition) is 0. The molecule has 0 aromatic heterocycles. The van der Waals surface area contributed by atoms with Crippen LogP contribution in [0.2, 0.25) is 19.6 Å². The van der Waals surface area contributed by atoms with E-state index in [1.165, 1.54) is 24.0 Å². The van der Waals surface area contributed by atoms with Gasteiger partial charge in [0.05, 0.1) is 5.60 Å². The molecule has 2 nitrogen and oxygen atoms in total. The van der Waals surface area contributed by atoms with Gasteiger partial charge < -0.3 is 4.43 Å². The number of Topliss-reactive ketones (excluding diaryl/α,β-unsaturated/α-hetero) is 1. The van der Waals surface area contributed by atoms with Gasteiger partial charge in [0.15, 0.2) is 8.32 Å². The molecule has 2 saturated carbocycles. The van der Waals surface area contributed by atoms with Gasteiger partial charge in [-0.15, -0.1) is 0 Å². The van der Waals surface area contributed by atoms with E-state index in [1.807, 2.05) is 0 Å². The Labute approximate surface area is 179 Å². The zero-order valence-corrected chi connectivity index (χ0v) is 20.5. The number of hydrogen-bond acceptors (Lipinski definition) is 2. The molecule has 0 heterocycles. The molecule has 0 radical (unpaired) electrons. The van der Waals surface area contributed by atoms with Gasteiger partial charge in [0.2, 0.25) is 0 Å². The smallest absolute Gasteiger partial charge is 0.184 e. The highest BCUT2D eigenvalue weighted by atomic mass is 28.4. The molecule has 0 amide bonds. The van der Waals surface area contributed by atoms with Crippen LogP contribution in [0.25, 0.3) is 6.08 Å². The van der Waals surface area contributed by atoms with E-state index in [0.29, 0.717) is 23.5 Å². The van der Waals surface area contributed by atoms with Crippen molar-refractivity contribution in [2.45, 2.75) is 85.0 Å². The van der Waals surface area contributed by atoms with Crippen molar-refractivity contribution in [1.82, 2.24) is 0 Å². The molecule has 0 bridgehead atoms. The summed E-state index contributed by atoms with van der Waals surface area (Å²) in [6.45, 7) is 15.9. The average Bonchev–Trinajstić information content (AvgIpc) is 2.96. The monoisotopic (exact) mass is 412 g/mol. The van der Waals surface area contributed by atoms with Crippen LogP contribution >= 0.6 is 0 Å². The molecule has 0 N–H and O–H groups in total. The molecule has 2 fully saturated rings. The molecule has 1 aromatic carbocycles. The summed E-state index contributed by atoms with van der Waals surface area (Å²) in [6.07, 6.45) is 10.0. The fraction of sp³-hybridized carbons (Fsp3) is 0.654. The molecule has 4 atom stereocenters. The second kappa shape index (κ2) is 8.15. The predicted octanol–water partition coefficient (Wildman–Crippen LogP) is 7.21. The maximum absolute atomic E-state index is 12.5. The van der Waals surface area contributed by atoms with Gasteiger partial charge in [-0.1, -0.05) is 50.3 Å². The Balaban J connectivity index is 1.81. The minimum Gasteiger partial charge on any atom is -0.409 e. The summed E-state index contributed by atoms with van der Waals surface area (Å²) in [5.41, 5.74) is 2.41. The van der Waals surface area contributed by atoms with Crippen LogP contribution < -0.4 is 0 Å². The first-order valence-electron chi connectivity index (χ1n) is 11.4. The first-order chi connectivity index (χ1) is 13.4. The van der Waals surface area contributed by atoms with E-state index in [-0.39, 0.29) is 11.0 Å². The quantitative estimate of drug-likeness (QED) is 0.461. The second-order valence-electron chi connectivity index (χ2n) is 11.1. The SMILES string of the molecule is C[C@H](C=Cc1ccccc1C(C)(C)O[Si](C)(C)C)[C@H]1CC[C@H]2C(=O)CCC[C@]12C. The van der Waals surface area contributed by atoms with E-state index in [9.17, 15) is 4.79 Å². The summed E-state index contributed by atoms with van der Waals surface area (Å²) in [6, 6.07) is 8.64. The van der Waals surface area contributed by atoms with Crippen molar-refractivity contribution in [3.05, 3.63) is 41.5 Å². The van der Waals surface area contributed by atoms with Gasteiger partial charge in [0, 0.05) is 12.3 Å². The van der Waals surface area contributed by atoms with Gasteiger partial charge in [0.1, 0.15) is 5.78 Å². The molecular weight excluding hydrogens is 372 g/mol. The van der Waals surface area contributed by atoms with Crippen LogP contribution in [0, 0.1) is 23.2 Å². The molecule has 3 heteroatoms. The van der Waals surface area contributed by atoms with Gasteiger partial charge >= 0.3 is 0 Å². The first-order valence-corrected chi connectivity index (χ1v) is 14.9. The Kier molecular flexibility index (Phi) is 6.32. The highest BCUT2D eigenvalue weighted by molar-refractivity contribution is 6.69. The standard InChI is InChI=1S/C26H40O2Si/c1-19(21-16-17-23-24(27)13-10-18-26(21,23)4)14-15-20-11-8-9-12-22(20)25(2,3)28-29(5,6)7/h8-9,11-12,14-15,19,21,23H,10,13,16-18H2,1-7H3/t19-,21-,23+,26-/m1/s1. The molecule has 2 aliphatic rings. The Morgan fingerprint density at radius 1 is 1.21 bits per heavy atom. The molecule has 0 unspecified atom stereocenters. The van der Waals surface area contributed by atoms with E-state index in [2.05, 4.69) is 83.8 Å². The molecule has 0 spiro atoms. The van der Waals surface area contributed by atoms with Crippen molar-refractivity contribution in [3.8, 4) is 0 Å². The van der Waals surface area contributed by atoms with Crippen LogP contribution in [0.4, 0.5) is 0 Å². The topological polar surface area (TPSA) is 26.3 Å². The summed E-state index contributed by atoms with van der Waals surface area (Å²) in [5.74, 6) is 1.90. The molecule has 160 valence electrons. The van der Waals surface area contributed by atoms with Crippen LogP contribution in [-0.4, -0.2) is 14.1 Å². The van der Waals surface area contributed by atoms with E-state index in [4.69, 9.17) is 4.43 Å². The van der Waals surface area contributed by atoms with E-state index >= 15 is 0 Å². The lowest BCUT2D eigenvalue weighted by atomic mass is 9.62. The Morgan fingerprint density at radius 3 is 2.59 bits per heavy atom. The van der Waals surface area contributed by atoms with Crippen LogP contribution in [-0.2, 0) is 14.8 Å². The third kappa shape index (κ3) is 4.77. The van der Waals surface area contributed by atoms with Crippen molar-refractivity contribution in [2.75, 3.05) is 0 Å². The zero-order chi connectivity index (χ0) is 21.4. The lowest BCUT2D eigenvalue weighted by Crippen LogP contribution is -2.39. The van der Waals surface area contributed by atoms with Crippen LogP contribution in [0.5, 0.6) is 0 Å². The molecule has 1 aromatic rings. The third-order valence-corrected chi connectivity index (χ3v) is 8.44. The average molecular weight is 413 g/mol. The van der Waals surface area contributed by atoms with Crippen molar-refractivity contribution < 1.29 is 9.22 Å². The fourth-order valence-electron chi connectivity index (χ4n) is 6.23. The van der Waals surface area contributed by atoms with Crippen LogP contribution in [0.1, 0.15) is 70.9 Å². The number of fused-ring (bicyclic) bond motifs is 1. The van der Waals surface area contributed by atoms with Crippen LogP contribution in [0.3, 0.4) is 0 Å². The summed E-state index contributed by atoms with van der Waals surface area (Å²) >= 11 is 0. The molecular formula is C26H40O2Si. The lowest BCUT2D eigenvalue weighted by Gasteiger charge is -2.41. The Hall–Kier alpha value is -1.19. The molecule has 0 saturated heterocycles. The summed E-state index contributed by atoms with van der Waals surface area (Å²) < 4.78 is 6.52. The number of carbonyl (C=O) groups excluding carboxylic acids is 1. The largest absolute Gasteiger partial charge is 0.409 e. The van der Waals surface area contributed by atoms with Gasteiger partial charge in [-0.2, -0.15) is 0 Å². The number of allylic oxidation sites excluding steroid dienone is 1. The van der Waals surface area contributed by atoms with Crippen molar-refractivity contribution >= 4 is 20.2 Å². The Bertz CT molecular complexity index is 773. The van der Waals surface area contributed by atoms with Gasteiger partial charge in [-0.3, -0.25) is 4.79 Å². The molecule has 2 aliphatic carbocycles. The van der Waals surface area contributed by atoms with Crippen molar-refractivity contribution in [3.63, 3.8) is 0 Å². The van der Waals surface area contributed by atoms with E-state index in [0.717, 1.165) is 19.3 Å². The van der Waals surface area contributed by atoms with E-state index < -0.39 is 8.32 Å². The number of ketones is 1. The second-order valence-corrected chi connectivity index (χ2v) is 15.5. The third-order valence-electron chi connectivity index (χ3n) is 7.32. The summed E-state index contributed by atoms with van der Waals surface area (Å²) in [4.78, 5) is 12.5. The highest BCUT2D eigenvalue weighted by Gasteiger charge is 2.51. The molecule has 0 aliphatic heterocycles. The predicted molar refractivity (Wildman–Crippen MR) is 125 cm³/mol. The van der Waals surface area contributed by atoms with E-state index in [1.54, 1.807) is 0 Å². The number of rotatable bonds is 6. The minimum absolute atomic E-state index is 0.193. The van der Waals surface area contributed by atoms with Crippen molar-refractivity contribution in [1.29, 1.82) is 0 Å². The summed E-state index contributed by atoms with van der Waals surface area (Å²) in [5, 5.41) is 0. The number of carbonyl (C=O) groups is 1.